The van der Waals surface area contributed by atoms with E-state index in [1.165, 1.54) is 6.07 Å². The van der Waals surface area contributed by atoms with Gasteiger partial charge in [-0.05, 0) is 24.6 Å². The largest absolute Gasteiger partial charge is 0.484 e. The fourth-order valence-corrected chi connectivity index (χ4v) is 1.54. The Morgan fingerprint density at radius 2 is 2.10 bits per heavy atom. The fraction of sp³-hybridized carbons (Fsp3) is 0.500. The molecule has 7 heteroatoms. The Balaban J connectivity index is 2.70. The highest BCUT2D eigenvalue weighted by Crippen LogP contribution is 2.25. The fourth-order valence-electron chi connectivity index (χ4n) is 1.54. The molecule has 0 spiro atoms. The summed E-state index contributed by atoms with van der Waals surface area (Å²) < 4.78 is 48.2. The van der Waals surface area contributed by atoms with E-state index in [4.69, 9.17) is 0 Å². The highest BCUT2D eigenvalue weighted by Gasteiger charge is 2.23. The quantitative estimate of drug-likeness (QED) is 0.787. The predicted octanol–water partition coefficient (Wildman–Crippen LogP) is 2.85. The smallest absolute Gasteiger partial charge is 0.308 e. The number of hydrogen-bond donors (Lipinski definition) is 1. The van der Waals surface area contributed by atoms with Crippen molar-refractivity contribution < 1.29 is 32.5 Å². The molecule has 0 aliphatic heterocycles. The molecule has 0 amide bonds. The first-order valence-electron chi connectivity index (χ1n) is 6.36. The topological polar surface area (TPSA) is 55.8 Å². The monoisotopic (exact) mass is 306 g/mol. The van der Waals surface area contributed by atoms with E-state index in [0.29, 0.717) is 6.92 Å². The van der Waals surface area contributed by atoms with Crippen molar-refractivity contribution in [2.75, 3.05) is 13.2 Å². The normalized spacial score (nSPS) is 12.9. The molecule has 1 aromatic carbocycles. The van der Waals surface area contributed by atoms with Crippen LogP contribution in [0.4, 0.5) is 13.2 Å². The van der Waals surface area contributed by atoms with Crippen LogP contribution in [0.1, 0.15) is 31.9 Å². The summed E-state index contributed by atoms with van der Waals surface area (Å²) in [6, 6.07) is 3.37. The Kier molecular flexibility index (Phi) is 6.02. The van der Waals surface area contributed by atoms with Gasteiger partial charge in [-0.25, -0.2) is 13.2 Å². The third kappa shape index (κ3) is 6.03. The van der Waals surface area contributed by atoms with E-state index in [9.17, 15) is 23.1 Å². The van der Waals surface area contributed by atoms with Gasteiger partial charge in [0, 0.05) is 6.92 Å². The van der Waals surface area contributed by atoms with Crippen molar-refractivity contribution in [3.63, 3.8) is 0 Å². The minimum atomic E-state index is -3.07. The number of alkyl halides is 2. The van der Waals surface area contributed by atoms with Gasteiger partial charge in [-0.1, -0.05) is 6.07 Å². The number of rotatable bonds is 7. The van der Waals surface area contributed by atoms with Crippen LogP contribution in [0.5, 0.6) is 5.75 Å². The molecule has 1 N–H and O–H groups in total. The van der Waals surface area contributed by atoms with Crippen molar-refractivity contribution in [2.45, 2.75) is 32.3 Å². The minimum Gasteiger partial charge on any atom is -0.484 e. The molecular weight excluding hydrogens is 289 g/mol. The molecule has 0 heterocycles. The Morgan fingerprint density at radius 1 is 1.43 bits per heavy atom. The summed E-state index contributed by atoms with van der Waals surface area (Å²) in [4.78, 5) is 11.2. The molecule has 0 aromatic heterocycles. The zero-order valence-electron chi connectivity index (χ0n) is 11.7. The zero-order valence-corrected chi connectivity index (χ0v) is 11.7. The lowest BCUT2D eigenvalue weighted by Crippen LogP contribution is -2.21. The van der Waals surface area contributed by atoms with Gasteiger partial charge in [0.1, 0.15) is 0 Å². The highest BCUT2D eigenvalue weighted by molar-refractivity contribution is 5.70. The summed E-state index contributed by atoms with van der Waals surface area (Å²) in [5.74, 6) is -4.92. The van der Waals surface area contributed by atoms with Crippen LogP contribution in [0.3, 0.4) is 0 Å². The van der Waals surface area contributed by atoms with Crippen LogP contribution in [0.2, 0.25) is 0 Å². The SMILES string of the molecule is CCOC(=O)CC(O)c1ccc(OCC(C)(F)F)c(F)c1. The van der Waals surface area contributed by atoms with Gasteiger partial charge in [0.2, 0.25) is 0 Å². The van der Waals surface area contributed by atoms with Gasteiger partial charge >= 0.3 is 5.97 Å². The summed E-state index contributed by atoms with van der Waals surface area (Å²) in [7, 11) is 0. The molecular formula is C14H17F3O4. The van der Waals surface area contributed by atoms with Crippen LogP contribution in [0.15, 0.2) is 18.2 Å². The first-order valence-corrected chi connectivity index (χ1v) is 6.36. The number of hydrogen-bond acceptors (Lipinski definition) is 4. The van der Waals surface area contributed by atoms with E-state index in [1.54, 1.807) is 6.92 Å². The molecule has 0 saturated carbocycles. The second-order valence-electron chi connectivity index (χ2n) is 4.57. The van der Waals surface area contributed by atoms with E-state index in [1.807, 2.05) is 0 Å². The number of aliphatic hydroxyl groups is 1. The van der Waals surface area contributed by atoms with Crippen LogP contribution in [-0.4, -0.2) is 30.2 Å². The number of ether oxygens (including phenoxy) is 2. The molecule has 0 saturated heterocycles. The molecule has 118 valence electrons. The summed E-state index contributed by atoms with van der Waals surface area (Å²) in [6.45, 7) is 1.51. The molecule has 21 heavy (non-hydrogen) atoms. The number of halogens is 3. The second-order valence-corrected chi connectivity index (χ2v) is 4.57. The number of benzene rings is 1. The van der Waals surface area contributed by atoms with E-state index >= 15 is 0 Å². The second kappa shape index (κ2) is 7.31. The Bertz CT molecular complexity index is 486. The van der Waals surface area contributed by atoms with Gasteiger partial charge in [-0.2, -0.15) is 0 Å². The van der Waals surface area contributed by atoms with Gasteiger partial charge in [-0.3, -0.25) is 4.79 Å². The summed E-state index contributed by atoms with van der Waals surface area (Å²) in [6.07, 6.45) is -1.55. The lowest BCUT2D eigenvalue weighted by molar-refractivity contribution is -0.145. The van der Waals surface area contributed by atoms with Gasteiger partial charge < -0.3 is 14.6 Å². The lowest BCUT2D eigenvalue weighted by Gasteiger charge is -2.14. The van der Waals surface area contributed by atoms with E-state index < -0.39 is 30.4 Å². The molecule has 1 rings (SSSR count). The van der Waals surface area contributed by atoms with Crippen molar-refractivity contribution >= 4 is 5.97 Å². The Labute approximate surface area is 120 Å². The highest BCUT2D eigenvalue weighted by atomic mass is 19.3. The third-order valence-electron chi connectivity index (χ3n) is 2.49. The molecule has 1 aromatic rings. The number of carbonyl (C=O) groups is 1. The molecule has 1 unspecified atom stereocenters. The van der Waals surface area contributed by atoms with Crippen molar-refractivity contribution in [2.24, 2.45) is 0 Å². The van der Waals surface area contributed by atoms with Crippen LogP contribution in [0, 0.1) is 5.82 Å². The van der Waals surface area contributed by atoms with Crippen LogP contribution >= 0.6 is 0 Å². The number of esters is 1. The van der Waals surface area contributed by atoms with Gasteiger partial charge in [0.15, 0.2) is 18.2 Å². The van der Waals surface area contributed by atoms with Gasteiger partial charge in [0.05, 0.1) is 19.1 Å². The van der Waals surface area contributed by atoms with E-state index in [0.717, 1.165) is 12.1 Å². The average molecular weight is 306 g/mol. The van der Waals surface area contributed by atoms with Gasteiger partial charge in [0.25, 0.3) is 5.92 Å². The van der Waals surface area contributed by atoms with Crippen molar-refractivity contribution in [3.05, 3.63) is 29.6 Å². The predicted molar refractivity (Wildman–Crippen MR) is 68.7 cm³/mol. The summed E-state index contributed by atoms with van der Waals surface area (Å²) in [5, 5.41) is 9.76. The van der Waals surface area contributed by atoms with Crippen molar-refractivity contribution in [1.29, 1.82) is 0 Å². The molecule has 0 aliphatic rings. The molecule has 0 aliphatic carbocycles. The molecule has 4 nitrogen and oxygen atoms in total. The molecule has 1 atom stereocenters. The van der Waals surface area contributed by atoms with Crippen LogP contribution in [-0.2, 0) is 9.53 Å². The first-order chi connectivity index (χ1) is 9.73. The maximum Gasteiger partial charge on any atom is 0.308 e. The maximum absolute atomic E-state index is 13.7. The van der Waals surface area contributed by atoms with E-state index in [-0.39, 0.29) is 24.3 Å². The zero-order chi connectivity index (χ0) is 16.0. The van der Waals surface area contributed by atoms with E-state index in [2.05, 4.69) is 9.47 Å². The van der Waals surface area contributed by atoms with Crippen molar-refractivity contribution in [1.82, 2.24) is 0 Å². The molecule has 0 fully saturated rings. The van der Waals surface area contributed by atoms with Crippen molar-refractivity contribution in [3.8, 4) is 5.75 Å². The molecule has 0 bridgehead atoms. The average Bonchev–Trinajstić information content (AvgIpc) is 2.36. The van der Waals surface area contributed by atoms with Crippen LogP contribution in [0.25, 0.3) is 0 Å². The number of aliphatic hydroxyl groups excluding tert-OH is 1. The van der Waals surface area contributed by atoms with Crippen LogP contribution < -0.4 is 4.74 Å². The summed E-state index contributed by atoms with van der Waals surface area (Å²) >= 11 is 0. The minimum absolute atomic E-state index is 0.135. The third-order valence-corrected chi connectivity index (χ3v) is 2.49. The Morgan fingerprint density at radius 3 is 2.62 bits per heavy atom. The van der Waals surface area contributed by atoms with Gasteiger partial charge in [-0.15, -0.1) is 0 Å². The first kappa shape index (κ1) is 17.3. The summed E-state index contributed by atoms with van der Waals surface area (Å²) in [5.41, 5.74) is 0.135. The standard InChI is InChI=1S/C14H17F3O4/c1-3-20-13(19)7-11(18)9-4-5-12(10(15)6-9)21-8-14(2,16)17/h4-6,11,18H,3,7-8H2,1-2H3. The Hall–Kier alpha value is -1.76. The lowest BCUT2D eigenvalue weighted by atomic mass is 10.1. The maximum atomic E-state index is 13.7. The molecule has 0 radical (unpaired) electrons. The number of carbonyl (C=O) groups excluding carboxylic acids is 1.